The van der Waals surface area contributed by atoms with Crippen LogP contribution < -0.4 is 14.8 Å². The summed E-state index contributed by atoms with van der Waals surface area (Å²) in [6.45, 7) is -0.316. The molecule has 39 heavy (non-hydrogen) atoms. The number of ether oxygens (including phenoxy) is 2. The molecule has 3 aromatic carbocycles. The minimum Gasteiger partial charge on any atom is -0.495 e. The molecule has 0 unspecified atom stereocenters. The van der Waals surface area contributed by atoms with Crippen molar-refractivity contribution in [2.45, 2.75) is 12.8 Å². The predicted octanol–water partition coefficient (Wildman–Crippen LogP) is 6.73. The van der Waals surface area contributed by atoms with Gasteiger partial charge in [-0.15, -0.1) is 0 Å². The number of anilines is 1. The lowest BCUT2D eigenvalue weighted by Gasteiger charge is -2.16. The number of carbonyl (C=O) groups is 3. The molecule has 1 aliphatic heterocycles. The fourth-order valence-electron chi connectivity index (χ4n) is 3.56. The Balaban J connectivity index is 1.42. The zero-order valence-corrected chi connectivity index (χ0v) is 22.7. The summed E-state index contributed by atoms with van der Waals surface area (Å²) in [6, 6.07) is 17.4. The summed E-state index contributed by atoms with van der Waals surface area (Å²) in [5.74, 6) is -0.978. The fourth-order valence-corrected chi connectivity index (χ4v) is 4.91. The smallest absolute Gasteiger partial charge is 0.416 e. The van der Waals surface area contributed by atoms with Gasteiger partial charge in [0.2, 0.25) is 5.91 Å². The van der Waals surface area contributed by atoms with Crippen LogP contribution in [0.5, 0.6) is 11.5 Å². The molecule has 12 heteroatoms. The van der Waals surface area contributed by atoms with Crippen LogP contribution in [0, 0.1) is 0 Å². The van der Waals surface area contributed by atoms with Gasteiger partial charge in [-0.3, -0.25) is 19.3 Å². The molecule has 1 N–H and O–H groups in total. The first kappa shape index (κ1) is 28.2. The molecule has 7 nitrogen and oxygen atoms in total. The monoisotopic (exact) mass is 620 g/mol. The lowest BCUT2D eigenvalue weighted by molar-refractivity contribution is -0.137. The molecule has 3 amide bonds. The van der Waals surface area contributed by atoms with Gasteiger partial charge in [-0.25, -0.2) is 0 Å². The molecule has 1 aliphatic rings. The molecule has 0 aliphatic carbocycles. The maximum atomic E-state index is 13.1. The minimum atomic E-state index is -4.63. The van der Waals surface area contributed by atoms with E-state index in [1.807, 2.05) is 30.3 Å². The number of hydrogen-bond acceptors (Lipinski definition) is 6. The van der Waals surface area contributed by atoms with Gasteiger partial charge in [-0.1, -0.05) is 36.4 Å². The highest BCUT2D eigenvalue weighted by Crippen LogP contribution is 2.36. The van der Waals surface area contributed by atoms with E-state index < -0.39 is 35.3 Å². The Morgan fingerprint density at radius 2 is 1.77 bits per heavy atom. The predicted molar refractivity (Wildman–Crippen MR) is 144 cm³/mol. The van der Waals surface area contributed by atoms with Crippen molar-refractivity contribution in [3.8, 4) is 11.5 Å². The number of thioether (sulfide) groups is 1. The third-order valence-corrected chi connectivity index (χ3v) is 6.99. The number of imide groups is 1. The van der Waals surface area contributed by atoms with E-state index in [1.54, 1.807) is 18.2 Å². The fraction of sp³-hybridized carbons (Fsp3) is 0.148. The molecule has 202 valence electrons. The van der Waals surface area contributed by atoms with Crippen LogP contribution in [0.2, 0.25) is 0 Å². The quantitative estimate of drug-likeness (QED) is 0.281. The van der Waals surface area contributed by atoms with Crippen molar-refractivity contribution in [1.82, 2.24) is 4.90 Å². The minimum absolute atomic E-state index is 0.00726. The van der Waals surface area contributed by atoms with Gasteiger partial charge < -0.3 is 14.8 Å². The lowest BCUT2D eigenvalue weighted by atomic mass is 10.1. The Morgan fingerprint density at radius 3 is 2.44 bits per heavy atom. The van der Waals surface area contributed by atoms with Crippen molar-refractivity contribution in [1.29, 1.82) is 0 Å². The van der Waals surface area contributed by atoms with Crippen LogP contribution in [-0.2, 0) is 22.4 Å². The average Bonchev–Trinajstić information content (AvgIpc) is 3.15. The van der Waals surface area contributed by atoms with E-state index in [0.29, 0.717) is 34.2 Å². The molecule has 4 rings (SSSR count). The zero-order valence-electron chi connectivity index (χ0n) is 20.3. The van der Waals surface area contributed by atoms with Crippen molar-refractivity contribution in [3.05, 3.63) is 92.8 Å². The highest BCUT2D eigenvalue weighted by Gasteiger charge is 2.37. The van der Waals surface area contributed by atoms with Gasteiger partial charge in [0.15, 0.2) is 0 Å². The highest BCUT2D eigenvalue weighted by molar-refractivity contribution is 9.10. The topological polar surface area (TPSA) is 84.9 Å². The van der Waals surface area contributed by atoms with E-state index in [1.165, 1.54) is 13.2 Å². The summed E-state index contributed by atoms with van der Waals surface area (Å²) in [7, 11) is 1.24. The standard InChI is InChI=1S/C27H20BrF3N2O5S/c1-37-22-10-8-18(27(29,30)31)13-20(22)32-24(34)14-33-25(35)23(39-26(33)36)12-17-7-9-21(19(28)11-17)38-15-16-5-3-2-4-6-16/h2-13H,14-15H2,1H3,(H,32,34)/b23-12-. The van der Waals surface area contributed by atoms with Gasteiger partial charge >= 0.3 is 6.18 Å². The van der Waals surface area contributed by atoms with E-state index in [9.17, 15) is 27.6 Å². The molecule has 0 bridgehead atoms. The summed E-state index contributed by atoms with van der Waals surface area (Å²) >= 11 is 4.10. The summed E-state index contributed by atoms with van der Waals surface area (Å²) in [5.41, 5.74) is 0.380. The summed E-state index contributed by atoms with van der Waals surface area (Å²) in [5, 5.41) is 1.60. The Bertz CT molecular complexity index is 1450. The molecule has 3 aromatic rings. The van der Waals surface area contributed by atoms with Gasteiger partial charge in [0.25, 0.3) is 11.1 Å². The maximum absolute atomic E-state index is 13.1. The van der Waals surface area contributed by atoms with Gasteiger partial charge in [0.1, 0.15) is 24.7 Å². The molecule has 0 aromatic heterocycles. The highest BCUT2D eigenvalue weighted by atomic mass is 79.9. The number of nitrogens with one attached hydrogen (secondary N) is 1. The van der Waals surface area contributed by atoms with Crippen molar-refractivity contribution in [2.24, 2.45) is 0 Å². The normalized spacial score (nSPS) is 14.6. The second kappa shape index (κ2) is 12.0. The maximum Gasteiger partial charge on any atom is 0.416 e. The number of benzene rings is 3. The first-order chi connectivity index (χ1) is 18.5. The van der Waals surface area contributed by atoms with Gasteiger partial charge in [-0.05, 0) is 75.2 Å². The molecule has 0 saturated carbocycles. The van der Waals surface area contributed by atoms with Crippen LogP contribution in [0.1, 0.15) is 16.7 Å². The van der Waals surface area contributed by atoms with Crippen LogP contribution in [0.15, 0.2) is 76.1 Å². The first-order valence-electron chi connectivity index (χ1n) is 11.3. The largest absolute Gasteiger partial charge is 0.495 e. The van der Waals surface area contributed by atoms with Crippen LogP contribution in [-0.4, -0.2) is 35.6 Å². The molecule has 0 radical (unpaired) electrons. The molecule has 1 fully saturated rings. The molecule has 1 heterocycles. The number of hydrogen-bond donors (Lipinski definition) is 1. The average molecular weight is 621 g/mol. The Morgan fingerprint density at radius 1 is 1.05 bits per heavy atom. The molecular weight excluding hydrogens is 601 g/mol. The Hall–Kier alpha value is -3.77. The number of alkyl halides is 3. The van der Waals surface area contributed by atoms with Crippen molar-refractivity contribution < 1.29 is 37.0 Å². The van der Waals surface area contributed by atoms with Crippen molar-refractivity contribution >= 4 is 56.5 Å². The van der Waals surface area contributed by atoms with E-state index >= 15 is 0 Å². The zero-order chi connectivity index (χ0) is 28.2. The number of halogens is 4. The number of nitrogens with zero attached hydrogens (tertiary/aromatic N) is 1. The van der Waals surface area contributed by atoms with Gasteiger partial charge in [-0.2, -0.15) is 13.2 Å². The number of rotatable bonds is 8. The van der Waals surface area contributed by atoms with E-state index in [-0.39, 0.29) is 16.3 Å². The number of amides is 3. The van der Waals surface area contributed by atoms with Crippen LogP contribution in [0.4, 0.5) is 23.7 Å². The van der Waals surface area contributed by atoms with Gasteiger partial charge in [0, 0.05) is 0 Å². The van der Waals surface area contributed by atoms with Crippen LogP contribution >= 0.6 is 27.7 Å². The lowest BCUT2D eigenvalue weighted by Crippen LogP contribution is -2.36. The molecule has 0 atom stereocenters. The van der Waals surface area contributed by atoms with E-state index in [0.717, 1.165) is 28.7 Å². The van der Waals surface area contributed by atoms with E-state index in [2.05, 4.69) is 21.2 Å². The summed E-state index contributed by atoms with van der Waals surface area (Å²) < 4.78 is 50.7. The summed E-state index contributed by atoms with van der Waals surface area (Å²) in [6.07, 6.45) is -3.13. The third kappa shape index (κ3) is 7.01. The Kier molecular flexibility index (Phi) is 8.66. The second-order valence-corrected chi connectivity index (χ2v) is 10.0. The Labute approximate surface area is 234 Å². The summed E-state index contributed by atoms with van der Waals surface area (Å²) in [4.78, 5) is 38.7. The third-order valence-electron chi connectivity index (χ3n) is 5.47. The molecular formula is C27H20BrF3N2O5S. The number of methoxy groups -OCH3 is 1. The van der Waals surface area contributed by atoms with Crippen molar-refractivity contribution in [3.63, 3.8) is 0 Å². The van der Waals surface area contributed by atoms with Crippen molar-refractivity contribution in [2.75, 3.05) is 19.0 Å². The molecule has 1 saturated heterocycles. The first-order valence-corrected chi connectivity index (χ1v) is 12.9. The SMILES string of the molecule is COc1ccc(C(F)(F)F)cc1NC(=O)CN1C(=O)S/C(=C\c2ccc(OCc3ccccc3)c(Br)c2)C1=O. The van der Waals surface area contributed by atoms with Crippen LogP contribution in [0.3, 0.4) is 0 Å². The number of carbonyl (C=O) groups excluding carboxylic acids is 3. The second-order valence-electron chi connectivity index (χ2n) is 8.19. The van der Waals surface area contributed by atoms with E-state index in [4.69, 9.17) is 9.47 Å². The van der Waals surface area contributed by atoms with Crippen LogP contribution in [0.25, 0.3) is 6.08 Å². The molecule has 0 spiro atoms. The van der Waals surface area contributed by atoms with Gasteiger partial charge in [0.05, 0.1) is 27.7 Å².